The van der Waals surface area contributed by atoms with Crippen LogP contribution in [0.3, 0.4) is 0 Å². The average Bonchev–Trinajstić information content (AvgIpc) is 3.19. The number of hydrogen-bond acceptors (Lipinski definition) is 5. The summed E-state index contributed by atoms with van der Waals surface area (Å²) < 4.78 is 19.5. The zero-order chi connectivity index (χ0) is 19.4. The topological polar surface area (TPSA) is 65.8 Å². The fourth-order valence-electron chi connectivity index (χ4n) is 3.23. The number of hydrogen-bond donors (Lipinski definition) is 1. The van der Waals surface area contributed by atoms with Crippen molar-refractivity contribution in [2.24, 2.45) is 0 Å². The van der Waals surface area contributed by atoms with Gasteiger partial charge >= 0.3 is 0 Å². The van der Waals surface area contributed by atoms with Gasteiger partial charge in [0.1, 0.15) is 11.6 Å². The Morgan fingerprint density at radius 1 is 1.22 bits per heavy atom. The molecule has 1 aliphatic rings. The largest absolute Gasteiger partial charge is 0.467 e. The molecule has 0 radical (unpaired) electrons. The summed E-state index contributed by atoms with van der Waals surface area (Å²) in [5.41, 5.74) is 0.867. The van der Waals surface area contributed by atoms with E-state index in [9.17, 15) is 14.0 Å². The van der Waals surface area contributed by atoms with E-state index in [0.717, 1.165) is 0 Å². The van der Waals surface area contributed by atoms with Crippen molar-refractivity contribution >= 4 is 17.4 Å². The molecule has 0 saturated carbocycles. The Hall–Kier alpha value is -2.67. The number of halogens is 1. The normalized spacial score (nSPS) is 16.2. The smallest absolute Gasteiger partial charge is 0.237 e. The molecular weight excluding hydrogens is 349 g/mol. The van der Waals surface area contributed by atoms with Gasteiger partial charge in [-0.2, -0.15) is 0 Å². The molecule has 1 atom stereocenters. The standard InChI is InChI=1S/C20H24FN3O3/c1-14(20(26)22-13-17-4-3-11-27-17)23-7-9-24(10-8-23)19-6-5-16(15(2)25)12-18(19)21/h3-6,11-12,14H,7-10,13H2,1-2H3,(H,22,26). The van der Waals surface area contributed by atoms with Crippen molar-refractivity contribution in [3.8, 4) is 0 Å². The van der Waals surface area contributed by atoms with Gasteiger partial charge in [0, 0.05) is 31.7 Å². The molecule has 1 aliphatic heterocycles. The van der Waals surface area contributed by atoms with Crippen molar-refractivity contribution in [3.63, 3.8) is 0 Å². The monoisotopic (exact) mass is 373 g/mol. The molecule has 2 aromatic rings. The lowest BCUT2D eigenvalue weighted by atomic mass is 10.1. The van der Waals surface area contributed by atoms with Crippen LogP contribution in [-0.4, -0.2) is 48.8 Å². The van der Waals surface area contributed by atoms with E-state index < -0.39 is 0 Å². The lowest BCUT2D eigenvalue weighted by Crippen LogP contribution is -2.54. The summed E-state index contributed by atoms with van der Waals surface area (Å²) in [6.45, 7) is 6.20. The zero-order valence-electron chi connectivity index (χ0n) is 15.6. The highest BCUT2D eigenvalue weighted by Gasteiger charge is 2.26. The molecule has 1 fully saturated rings. The Labute approximate surface area is 157 Å². The number of ketones is 1. The Bertz CT molecular complexity index is 799. The van der Waals surface area contributed by atoms with Crippen LogP contribution in [0.15, 0.2) is 41.0 Å². The summed E-state index contributed by atoms with van der Waals surface area (Å²) in [7, 11) is 0. The van der Waals surface area contributed by atoms with Crippen LogP contribution in [0.2, 0.25) is 0 Å². The number of carbonyl (C=O) groups is 2. The molecule has 144 valence electrons. The van der Waals surface area contributed by atoms with E-state index in [0.29, 0.717) is 49.7 Å². The molecule has 1 unspecified atom stereocenters. The number of piperazine rings is 1. The van der Waals surface area contributed by atoms with E-state index in [1.807, 2.05) is 17.9 Å². The van der Waals surface area contributed by atoms with E-state index in [-0.39, 0.29) is 23.5 Å². The molecule has 0 aliphatic carbocycles. The van der Waals surface area contributed by atoms with Gasteiger partial charge in [-0.25, -0.2) is 4.39 Å². The van der Waals surface area contributed by atoms with Crippen LogP contribution < -0.4 is 10.2 Å². The second-order valence-corrected chi connectivity index (χ2v) is 6.72. The third-order valence-electron chi connectivity index (χ3n) is 4.95. The maximum absolute atomic E-state index is 14.3. The van der Waals surface area contributed by atoms with E-state index >= 15 is 0 Å². The molecule has 27 heavy (non-hydrogen) atoms. The molecule has 1 aromatic heterocycles. The minimum absolute atomic E-state index is 0.0585. The third kappa shape index (κ3) is 4.54. The highest BCUT2D eigenvalue weighted by Crippen LogP contribution is 2.22. The highest BCUT2D eigenvalue weighted by molar-refractivity contribution is 5.94. The van der Waals surface area contributed by atoms with Crippen molar-refractivity contribution in [1.82, 2.24) is 10.2 Å². The van der Waals surface area contributed by atoms with Gasteiger partial charge in [0.2, 0.25) is 5.91 Å². The van der Waals surface area contributed by atoms with Crippen molar-refractivity contribution < 1.29 is 18.4 Å². The SMILES string of the molecule is CC(=O)c1ccc(N2CCN(C(C)C(=O)NCc3ccco3)CC2)c(F)c1. The quantitative estimate of drug-likeness (QED) is 0.788. The predicted molar refractivity (Wildman–Crippen MR) is 100 cm³/mol. The second-order valence-electron chi connectivity index (χ2n) is 6.72. The number of carbonyl (C=O) groups excluding carboxylic acids is 2. The maximum atomic E-state index is 14.3. The summed E-state index contributed by atoms with van der Waals surface area (Å²) in [6.07, 6.45) is 1.58. The molecule has 7 heteroatoms. The van der Waals surface area contributed by atoms with Crippen molar-refractivity contribution in [3.05, 3.63) is 53.7 Å². The molecule has 1 aromatic carbocycles. The molecule has 3 rings (SSSR count). The molecule has 6 nitrogen and oxygen atoms in total. The van der Waals surface area contributed by atoms with Crippen LogP contribution in [0.5, 0.6) is 0 Å². The van der Waals surface area contributed by atoms with E-state index in [2.05, 4.69) is 10.2 Å². The molecule has 0 spiro atoms. The summed E-state index contributed by atoms with van der Waals surface area (Å²) >= 11 is 0. The Morgan fingerprint density at radius 3 is 2.56 bits per heavy atom. The molecule has 0 bridgehead atoms. The van der Waals surface area contributed by atoms with Gasteiger partial charge in [0.15, 0.2) is 5.78 Å². The predicted octanol–water partition coefficient (Wildman–Crippen LogP) is 2.45. The number of benzene rings is 1. The zero-order valence-corrected chi connectivity index (χ0v) is 15.6. The lowest BCUT2D eigenvalue weighted by molar-refractivity contribution is -0.126. The molecule has 2 heterocycles. The lowest BCUT2D eigenvalue weighted by Gasteiger charge is -2.38. The van der Waals surface area contributed by atoms with Crippen LogP contribution in [0.25, 0.3) is 0 Å². The van der Waals surface area contributed by atoms with E-state index in [1.165, 1.54) is 13.0 Å². The highest BCUT2D eigenvalue weighted by atomic mass is 19.1. The summed E-state index contributed by atoms with van der Waals surface area (Å²) in [4.78, 5) is 27.7. The molecule has 1 N–H and O–H groups in total. The van der Waals surface area contributed by atoms with Gasteiger partial charge in [-0.1, -0.05) is 0 Å². The number of Topliss-reactive ketones (excluding diaryl/α,β-unsaturated/α-hetero) is 1. The Morgan fingerprint density at radius 2 is 1.96 bits per heavy atom. The van der Waals surface area contributed by atoms with Crippen LogP contribution in [-0.2, 0) is 11.3 Å². The van der Waals surface area contributed by atoms with Gasteiger partial charge in [-0.05, 0) is 44.2 Å². The maximum Gasteiger partial charge on any atom is 0.237 e. The number of anilines is 1. The average molecular weight is 373 g/mol. The molecule has 1 amide bonds. The summed E-state index contributed by atoms with van der Waals surface area (Å²) in [5.74, 6) is 0.113. The first-order chi connectivity index (χ1) is 13.0. The second kappa shape index (κ2) is 8.35. The number of nitrogens with one attached hydrogen (secondary N) is 1. The van der Waals surface area contributed by atoms with Gasteiger partial charge in [0.05, 0.1) is 24.5 Å². The van der Waals surface area contributed by atoms with Crippen molar-refractivity contribution in [1.29, 1.82) is 0 Å². The van der Waals surface area contributed by atoms with Gasteiger partial charge < -0.3 is 14.6 Å². The third-order valence-corrected chi connectivity index (χ3v) is 4.95. The first-order valence-electron chi connectivity index (χ1n) is 9.05. The fraction of sp³-hybridized carbons (Fsp3) is 0.400. The van der Waals surface area contributed by atoms with E-state index in [4.69, 9.17) is 4.42 Å². The van der Waals surface area contributed by atoms with Crippen LogP contribution >= 0.6 is 0 Å². The number of furan rings is 1. The minimum atomic E-state index is -0.389. The fourth-order valence-corrected chi connectivity index (χ4v) is 3.23. The summed E-state index contributed by atoms with van der Waals surface area (Å²) in [5, 5.41) is 2.87. The van der Waals surface area contributed by atoms with Crippen LogP contribution in [0, 0.1) is 5.82 Å². The van der Waals surface area contributed by atoms with Gasteiger partial charge in [-0.15, -0.1) is 0 Å². The van der Waals surface area contributed by atoms with Crippen LogP contribution in [0.1, 0.15) is 30.0 Å². The van der Waals surface area contributed by atoms with E-state index in [1.54, 1.807) is 24.5 Å². The van der Waals surface area contributed by atoms with Crippen molar-refractivity contribution in [2.45, 2.75) is 26.4 Å². The minimum Gasteiger partial charge on any atom is -0.467 e. The Balaban J connectivity index is 1.53. The molecular formula is C20H24FN3O3. The van der Waals surface area contributed by atoms with Gasteiger partial charge in [0.25, 0.3) is 0 Å². The summed E-state index contributed by atoms with van der Waals surface area (Å²) in [6, 6.07) is 7.92. The Kier molecular flexibility index (Phi) is 5.91. The van der Waals surface area contributed by atoms with Crippen LogP contribution in [0.4, 0.5) is 10.1 Å². The number of amides is 1. The van der Waals surface area contributed by atoms with Gasteiger partial charge in [-0.3, -0.25) is 14.5 Å². The van der Waals surface area contributed by atoms with Crippen molar-refractivity contribution in [2.75, 3.05) is 31.1 Å². The number of rotatable bonds is 6. The number of nitrogens with zero attached hydrogens (tertiary/aromatic N) is 2. The first-order valence-corrected chi connectivity index (χ1v) is 9.05. The first kappa shape index (κ1) is 19.1. The molecule has 1 saturated heterocycles.